The lowest BCUT2D eigenvalue weighted by Gasteiger charge is -2.31. The quantitative estimate of drug-likeness (QED) is 0.625. The predicted octanol–water partition coefficient (Wildman–Crippen LogP) is 0.263. The summed E-state index contributed by atoms with van der Waals surface area (Å²) in [7, 11) is 0. The first-order chi connectivity index (χ1) is 8.04. The van der Waals surface area contributed by atoms with E-state index in [0.29, 0.717) is 19.0 Å². The van der Waals surface area contributed by atoms with Crippen LogP contribution in [0.4, 0.5) is 4.79 Å². The lowest BCUT2D eigenvalue weighted by atomic mass is 9.85. The number of nitrogens with zero attached hydrogens (tertiary/aromatic N) is 1. The van der Waals surface area contributed by atoms with Crippen molar-refractivity contribution in [1.82, 2.24) is 10.2 Å². The van der Waals surface area contributed by atoms with Crippen molar-refractivity contribution in [3.05, 3.63) is 0 Å². The smallest absolute Gasteiger partial charge is 0.334 e. The van der Waals surface area contributed by atoms with Gasteiger partial charge >= 0.3 is 12.0 Å². The van der Waals surface area contributed by atoms with Crippen molar-refractivity contribution >= 4 is 12.0 Å². The lowest BCUT2D eigenvalue weighted by Crippen LogP contribution is -2.46. The van der Waals surface area contributed by atoms with Crippen molar-refractivity contribution in [2.75, 3.05) is 19.6 Å². The average molecular weight is 244 g/mol. The van der Waals surface area contributed by atoms with Crippen molar-refractivity contribution in [3.63, 3.8) is 0 Å². The van der Waals surface area contributed by atoms with Crippen LogP contribution in [-0.2, 0) is 4.79 Å². The van der Waals surface area contributed by atoms with Crippen LogP contribution in [0.5, 0.6) is 0 Å². The summed E-state index contributed by atoms with van der Waals surface area (Å²) >= 11 is 0. The van der Waals surface area contributed by atoms with Gasteiger partial charge in [0, 0.05) is 13.1 Å². The normalized spacial score (nSPS) is 17.1. The van der Waals surface area contributed by atoms with E-state index in [-0.39, 0.29) is 12.6 Å². The van der Waals surface area contributed by atoms with Crippen LogP contribution in [0, 0.1) is 5.92 Å². The highest BCUT2D eigenvalue weighted by Gasteiger charge is 2.23. The third kappa shape index (κ3) is 4.22. The molecular weight excluding hydrogens is 224 g/mol. The molecule has 0 aromatic heterocycles. The Balaban J connectivity index is 2.29. The molecule has 1 saturated carbocycles. The number of carbonyl (C=O) groups is 2. The van der Waals surface area contributed by atoms with Gasteiger partial charge < -0.3 is 20.4 Å². The molecule has 1 aliphatic carbocycles. The molecule has 0 aromatic rings. The molecule has 6 nitrogen and oxygen atoms in total. The predicted molar refractivity (Wildman–Crippen MR) is 61.6 cm³/mol. The molecule has 0 aliphatic heterocycles. The first-order valence-electron chi connectivity index (χ1n) is 5.98. The molecule has 0 unspecified atom stereocenters. The second-order valence-corrected chi connectivity index (χ2v) is 4.38. The summed E-state index contributed by atoms with van der Waals surface area (Å²) in [6.45, 7) is 2.93. The fourth-order valence-electron chi connectivity index (χ4n) is 1.73. The van der Waals surface area contributed by atoms with E-state index < -0.39 is 12.1 Å². The molecule has 1 aliphatic rings. The third-order valence-corrected chi connectivity index (χ3v) is 3.10. The number of aliphatic carboxylic acids is 1. The maximum atomic E-state index is 11.7. The number of carboxylic acids is 1. The van der Waals surface area contributed by atoms with E-state index in [1.165, 1.54) is 6.42 Å². The summed E-state index contributed by atoms with van der Waals surface area (Å²) in [6, 6.07) is -0.306. The van der Waals surface area contributed by atoms with Gasteiger partial charge in [-0.05, 0) is 25.7 Å². The Morgan fingerprint density at radius 3 is 2.53 bits per heavy atom. The summed E-state index contributed by atoms with van der Waals surface area (Å²) in [5.74, 6) is -0.752. The van der Waals surface area contributed by atoms with Crippen LogP contribution in [0.2, 0.25) is 0 Å². The zero-order chi connectivity index (χ0) is 12.8. The van der Waals surface area contributed by atoms with Crippen LogP contribution in [-0.4, -0.2) is 52.9 Å². The van der Waals surface area contributed by atoms with Crippen LogP contribution in [0.1, 0.15) is 26.2 Å². The molecule has 1 rings (SSSR count). The molecule has 0 aromatic carbocycles. The molecule has 0 spiro atoms. The number of aliphatic hydroxyl groups excluding tert-OH is 1. The minimum Gasteiger partial charge on any atom is -0.479 e. The zero-order valence-electron chi connectivity index (χ0n) is 10.1. The minimum atomic E-state index is -1.54. The summed E-state index contributed by atoms with van der Waals surface area (Å²) in [5, 5.41) is 19.9. The number of amides is 2. The summed E-state index contributed by atoms with van der Waals surface area (Å²) in [6.07, 6.45) is 1.99. The zero-order valence-corrected chi connectivity index (χ0v) is 10.1. The molecule has 6 heteroatoms. The first kappa shape index (κ1) is 13.8. The number of urea groups is 1. The van der Waals surface area contributed by atoms with Gasteiger partial charge in [0.15, 0.2) is 6.10 Å². The van der Waals surface area contributed by atoms with Crippen LogP contribution >= 0.6 is 0 Å². The number of carboxylic acid groups (broad SMARTS) is 1. The van der Waals surface area contributed by atoms with Gasteiger partial charge in [-0.2, -0.15) is 0 Å². The van der Waals surface area contributed by atoms with Gasteiger partial charge in [-0.1, -0.05) is 6.42 Å². The topological polar surface area (TPSA) is 89.9 Å². The summed E-state index contributed by atoms with van der Waals surface area (Å²) in [4.78, 5) is 23.7. The number of hydrogen-bond acceptors (Lipinski definition) is 3. The van der Waals surface area contributed by atoms with Gasteiger partial charge in [-0.25, -0.2) is 9.59 Å². The molecule has 17 heavy (non-hydrogen) atoms. The van der Waals surface area contributed by atoms with Gasteiger partial charge in [-0.3, -0.25) is 0 Å². The number of aliphatic hydroxyl groups is 1. The third-order valence-electron chi connectivity index (χ3n) is 3.10. The molecule has 3 N–H and O–H groups in total. The summed E-state index contributed by atoms with van der Waals surface area (Å²) < 4.78 is 0. The largest absolute Gasteiger partial charge is 0.479 e. The van der Waals surface area contributed by atoms with E-state index >= 15 is 0 Å². The highest BCUT2D eigenvalue weighted by atomic mass is 16.4. The Morgan fingerprint density at radius 2 is 2.12 bits per heavy atom. The molecular formula is C11H20N2O4. The van der Waals surface area contributed by atoms with Crippen LogP contribution in [0.25, 0.3) is 0 Å². The Hall–Kier alpha value is -1.30. The molecule has 1 atom stereocenters. The van der Waals surface area contributed by atoms with Crippen LogP contribution < -0.4 is 5.32 Å². The highest BCUT2D eigenvalue weighted by Crippen LogP contribution is 2.26. The number of carbonyl (C=O) groups excluding carboxylic acids is 1. The second kappa shape index (κ2) is 6.44. The van der Waals surface area contributed by atoms with Crippen molar-refractivity contribution in [2.24, 2.45) is 5.92 Å². The van der Waals surface area contributed by atoms with Crippen molar-refractivity contribution in [3.8, 4) is 0 Å². The summed E-state index contributed by atoms with van der Waals surface area (Å²) in [5.41, 5.74) is 0. The van der Waals surface area contributed by atoms with Crippen molar-refractivity contribution in [1.29, 1.82) is 0 Å². The fourth-order valence-corrected chi connectivity index (χ4v) is 1.73. The van der Waals surface area contributed by atoms with E-state index in [2.05, 4.69) is 5.32 Å². The second-order valence-electron chi connectivity index (χ2n) is 4.38. The van der Waals surface area contributed by atoms with Crippen LogP contribution in [0.15, 0.2) is 0 Å². The SMILES string of the molecule is CCN(CC1CCC1)C(=O)NC[C@H](O)C(=O)O. The van der Waals surface area contributed by atoms with E-state index in [1.54, 1.807) is 4.90 Å². The van der Waals surface area contributed by atoms with Gasteiger partial charge in [0.2, 0.25) is 0 Å². The van der Waals surface area contributed by atoms with E-state index in [4.69, 9.17) is 10.2 Å². The van der Waals surface area contributed by atoms with Gasteiger partial charge in [-0.15, -0.1) is 0 Å². The maximum Gasteiger partial charge on any atom is 0.334 e. The van der Waals surface area contributed by atoms with E-state index in [1.807, 2.05) is 6.92 Å². The molecule has 0 radical (unpaired) electrons. The highest BCUT2D eigenvalue weighted by molar-refractivity contribution is 5.76. The van der Waals surface area contributed by atoms with E-state index in [0.717, 1.165) is 12.8 Å². The Morgan fingerprint density at radius 1 is 1.47 bits per heavy atom. The number of hydrogen-bond donors (Lipinski definition) is 3. The van der Waals surface area contributed by atoms with E-state index in [9.17, 15) is 9.59 Å². The average Bonchev–Trinajstić information content (AvgIpc) is 2.24. The number of nitrogens with one attached hydrogen (secondary N) is 1. The lowest BCUT2D eigenvalue weighted by molar-refractivity contribution is -0.146. The molecule has 0 heterocycles. The Labute approximate surface area is 101 Å². The Kier molecular flexibility index (Phi) is 5.21. The van der Waals surface area contributed by atoms with Gasteiger partial charge in [0.05, 0.1) is 6.54 Å². The molecule has 98 valence electrons. The van der Waals surface area contributed by atoms with Crippen molar-refractivity contribution < 1.29 is 19.8 Å². The fraction of sp³-hybridized carbons (Fsp3) is 0.818. The molecule has 2 amide bonds. The van der Waals surface area contributed by atoms with Crippen molar-refractivity contribution in [2.45, 2.75) is 32.3 Å². The maximum absolute atomic E-state index is 11.7. The minimum absolute atomic E-state index is 0.255. The van der Waals surface area contributed by atoms with Crippen LogP contribution in [0.3, 0.4) is 0 Å². The molecule has 1 fully saturated rings. The Bertz CT molecular complexity index is 279. The first-order valence-corrected chi connectivity index (χ1v) is 5.98. The van der Waals surface area contributed by atoms with Gasteiger partial charge in [0.25, 0.3) is 0 Å². The monoisotopic (exact) mass is 244 g/mol. The molecule has 0 saturated heterocycles. The van der Waals surface area contributed by atoms with Gasteiger partial charge in [0.1, 0.15) is 0 Å². The standard InChI is InChI=1S/C11H20N2O4/c1-2-13(7-8-4-3-5-8)11(17)12-6-9(14)10(15)16/h8-9,14H,2-7H2,1H3,(H,12,17)(H,15,16)/t9-/m0/s1. The molecule has 0 bridgehead atoms. The number of rotatable bonds is 6.